The lowest BCUT2D eigenvalue weighted by atomic mass is 10.3. The number of thioether (sulfide) groups is 1. The van der Waals surface area contributed by atoms with Crippen LogP contribution in [0.2, 0.25) is 5.02 Å². The van der Waals surface area contributed by atoms with Crippen molar-refractivity contribution in [2.45, 2.75) is 18.7 Å². The van der Waals surface area contributed by atoms with Gasteiger partial charge in [0.25, 0.3) is 0 Å². The Morgan fingerprint density at radius 1 is 1.48 bits per heavy atom. The highest BCUT2D eigenvalue weighted by molar-refractivity contribution is 7.98. The van der Waals surface area contributed by atoms with E-state index in [1.807, 2.05) is 16.7 Å². The zero-order chi connectivity index (χ0) is 15.4. The number of hydrogen-bond acceptors (Lipinski definition) is 4. The van der Waals surface area contributed by atoms with Crippen molar-refractivity contribution in [2.75, 3.05) is 5.75 Å². The van der Waals surface area contributed by atoms with E-state index in [0.29, 0.717) is 10.8 Å². The molecule has 0 bridgehead atoms. The number of carbonyl (C=O) groups is 2. The summed E-state index contributed by atoms with van der Waals surface area (Å²) in [5.74, 6) is -0.559. The quantitative estimate of drug-likeness (QED) is 0.845. The molecule has 2 aromatic heterocycles. The Bertz CT molecular complexity index is 674. The number of amides is 1. The molecule has 8 heteroatoms. The third-order valence-corrected chi connectivity index (χ3v) is 3.97. The third-order valence-electron chi connectivity index (χ3n) is 2.67. The van der Waals surface area contributed by atoms with Crippen molar-refractivity contribution in [3.8, 4) is 0 Å². The standard InChI is InChI=1S/C13H14ClN3O3S/c1-8(18)15-11(13(19)20)7-21-6-10-5-17-4-9(14)2-3-12(17)16-10/h2-5,11H,6-7H2,1H3,(H,15,18)(H,19,20)/t11-/m0/s1. The molecule has 2 N–H and O–H groups in total. The van der Waals surface area contributed by atoms with Crippen molar-refractivity contribution in [3.63, 3.8) is 0 Å². The Kier molecular flexibility index (Phi) is 5.08. The van der Waals surface area contributed by atoms with Crippen LogP contribution in [0.15, 0.2) is 24.5 Å². The molecule has 6 nitrogen and oxygen atoms in total. The fraction of sp³-hybridized carbons (Fsp3) is 0.308. The van der Waals surface area contributed by atoms with Gasteiger partial charge in [-0.05, 0) is 12.1 Å². The van der Waals surface area contributed by atoms with Crippen molar-refractivity contribution in [2.24, 2.45) is 0 Å². The van der Waals surface area contributed by atoms with Crippen LogP contribution in [-0.2, 0) is 15.3 Å². The van der Waals surface area contributed by atoms with Gasteiger partial charge in [-0.2, -0.15) is 11.8 Å². The maximum Gasteiger partial charge on any atom is 0.327 e. The van der Waals surface area contributed by atoms with E-state index in [9.17, 15) is 9.59 Å². The summed E-state index contributed by atoms with van der Waals surface area (Å²) < 4.78 is 1.82. The molecular weight excluding hydrogens is 314 g/mol. The summed E-state index contributed by atoms with van der Waals surface area (Å²) in [7, 11) is 0. The lowest BCUT2D eigenvalue weighted by Crippen LogP contribution is -2.41. The third kappa shape index (κ3) is 4.37. The zero-order valence-electron chi connectivity index (χ0n) is 11.2. The first-order valence-corrected chi connectivity index (χ1v) is 7.70. The number of aliphatic carboxylic acids is 1. The number of hydrogen-bond donors (Lipinski definition) is 2. The fourth-order valence-electron chi connectivity index (χ4n) is 1.79. The first kappa shape index (κ1) is 15.7. The SMILES string of the molecule is CC(=O)N[C@@H](CSCc1cn2cc(Cl)ccc2n1)C(=O)O. The Balaban J connectivity index is 1.94. The molecule has 0 aliphatic heterocycles. The van der Waals surface area contributed by atoms with Crippen molar-refractivity contribution < 1.29 is 14.7 Å². The molecule has 1 atom stereocenters. The number of carbonyl (C=O) groups excluding carboxylic acids is 1. The lowest BCUT2D eigenvalue weighted by molar-refractivity contribution is -0.140. The number of halogens is 1. The van der Waals surface area contributed by atoms with E-state index in [1.54, 1.807) is 12.3 Å². The van der Waals surface area contributed by atoms with E-state index in [0.717, 1.165) is 11.3 Å². The topological polar surface area (TPSA) is 83.7 Å². The zero-order valence-corrected chi connectivity index (χ0v) is 12.8. The minimum atomic E-state index is -1.04. The highest BCUT2D eigenvalue weighted by Crippen LogP contribution is 2.16. The van der Waals surface area contributed by atoms with Crippen molar-refractivity contribution in [1.82, 2.24) is 14.7 Å². The second-order valence-corrected chi connectivity index (χ2v) is 5.92. The highest BCUT2D eigenvalue weighted by atomic mass is 35.5. The average Bonchev–Trinajstić information content (AvgIpc) is 2.78. The summed E-state index contributed by atoms with van der Waals surface area (Å²) in [6.45, 7) is 1.30. The number of pyridine rings is 1. The molecule has 112 valence electrons. The van der Waals surface area contributed by atoms with Gasteiger partial charge in [-0.15, -0.1) is 0 Å². The number of carboxylic acids is 1. The van der Waals surface area contributed by atoms with Gasteiger partial charge in [-0.1, -0.05) is 11.6 Å². The number of nitrogens with zero attached hydrogens (tertiary/aromatic N) is 2. The summed E-state index contributed by atoms with van der Waals surface area (Å²) in [5.41, 5.74) is 1.61. The van der Waals surface area contributed by atoms with Crippen molar-refractivity contribution in [1.29, 1.82) is 0 Å². The molecule has 2 aromatic rings. The maximum absolute atomic E-state index is 11.0. The Morgan fingerprint density at radius 2 is 2.24 bits per heavy atom. The maximum atomic E-state index is 11.0. The van der Waals surface area contributed by atoms with Gasteiger partial charge < -0.3 is 14.8 Å². The molecule has 2 heterocycles. The van der Waals surface area contributed by atoms with E-state index in [2.05, 4.69) is 10.3 Å². The van der Waals surface area contributed by atoms with Gasteiger partial charge in [0, 0.05) is 30.8 Å². The second-order valence-electron chi connectivity index (χ2n) is 4.45. The van der Waals surface area contributed by atoms with Gasteiger partial charge in [0.05, 0.1) is 10.7 Å². The molecule has 0 aliphatic rings. The molecule has 0 saturated carbocycles. The van der Waals surface area contributed by atoms with Crippen molar-refractivity contribution in [3.05, 3.63) is 35.2 Å². The van der Waals surface area contributed by atoms with Crippen LogP contribution in [0.3, 0.4) is 0 Å². The van der Waals surface area contributed by atoms with Crippen LogP contribution in [0.5, 0.6) is 0 Å². The van der Waals surface area contributed by atoms with Crippen LogP contribution in [0.25, 0.3) is 5.65 Å². The summed E-state index contributed by atoms with van der Waals surface area (Å²) in [6.07, 6.45) is 3.61. The summed E-state index contributed by atoms with van der Waals surface area (Å²) in [6, 6.07) is 2.69. The number of aromatic nitrogens is 2. The van der Waals surface area contributed by atoms with Gasteiger partial charge in [0.2, 0.25) is 5.91 Å². The molecule has 21 heavy (non-hydrogen) atoms. The Morgan fingerprint density at radius 3 is 2.90 bits per heavy atom. The number of nitrogens with one attached hydrogen (secondary N) is 1. The minimum absolute atomic E-state index is 0.281. The van der Waals surface area contributed by atoms with Crippen LogP contribution in [0.4, 0.5) is 0 Å². The number of fused-ring (bicyclic) bond motifs is 1. The fourth-order valence-corrected chi connectivity index (χ4v) is 2.88. The van der Waals surface area contributed by atoms with Gasteiger partial charge in [-0.25, -0.2) is 9.78 Å². The van der Waals surface area contributed by atoms with Crippen LogP contribution in [0.1, 0.15) is 12.6 Å². The molecule has 2 rings (SSSR count). The molecule has 0 unspecified atom stereocenters. The summed E-state index contributed by atoms with van der Waals surface area (Å²) in [4.78, 5) is 26.3. The van der Waals surface area contributed by atoms with Gasteiger partial charge >= 0.3 is 5.97 Å². The van der Waals surface area contributed by atoms with E-state index >= 15 is 0 Å². The van der Waals surface area contributed by atoms with E-state index in [1.165, 1.54) is 18.7 Å². The molecule has 0 radical (unpaired) electrons. The lowest BCUT2D eigenvalue weighted by Gasteiger charge is -2.11. The first-order valence-electron chi connectivity index (χ1n) is 6.16. The van der Waals surface area contributed by atoms with Crippen LogP contribution >= 0.6 is 23.4 Å². The average molecular weight is 328 g/mol. The van der Waals surface area contributed by atoms with Crippen LogP contribution in [0, 0.1) is 0 Å². The largest absolute Gasteiger partial charge is 0.480 e. The van der Waals surface area contributed by atoms with Gasteiger partial charge in [0.1, 0.15) is 11.7 Å². The number of carboxylic acid groups (broad SMARTS) is 1. The number of imidazole rings is 1. The summed E-state index contributed by atoms with van der Waals surface area (Å²) in [5, 5.41) is 12.0. The predicted molar refractivity (Wildman–Crippen MR) is 81.6 cm³/mol. The summed E-state index contributed by atoms with van der Waals surface area (Å²) >= 11 is 7.30. The molecule has 0 aliphatic carbocycles. The van der Waals surface area contributed by atoms with Gasteiger partial charge in [0.15, 0.2) is 0 Å². The van der Waals surface area contributed by atoms with E-state index < -0.39 is 12.0 Å². The molecule has 0 fully saturated rings. The predicted octanol–water partition coefficient (Wildman–Crippen LogP) is 1.81. The molecule has 1 amide bonds. The monoisotopic (exact) mass is 327 g/mol. The molecular formula is C13H14ClN3O3S. The smallest absolute Gasteiger partial charge is 0.327 e. The van der Waals surface area contributed by atoms with Gasteiger partial charge in [-0.3, -0.25) is 4.79 Å². The first-order chi connectivity index (χ1) is 9.95. The van der Waals surface area contributed by atoms with E-state index in [-0.39, 0.29) is 11.7 Å². The molecule has 0 aromatic carbocycles. The van der Waals surface area contributed by atoms with E-state index in [4.69, 9.17) is 16.7 Å². The molecule has 0 spiro atoms. The minimum Gasteiger partial charge on any atom is -0.480 e. The number of rotatable bonds is 6. The second kappa shape index (κ2) is 6.82. The highest BCUT2D eigenvalue weighted by Gasteiger charge is 2.18. The molecule has 0 saturated heterocycles. The Hall–Kier alpha value is -1.73. The normalized spacial score (nSPS) is 12.3. The van der Waals surface area contributed by atoms with Crippen LogP contribution < -0.4 is 5.32 Å². The Labute approximate surface area is 130 Å². The van der Waals surface area contributed by atoms with Crippen LogP contribution in [-0.4, -0.2) is 38.2 Å². The van der Waals surface area contributed by atoms with Crippen molar-refractivity contribution >= 4 is 40.9 Å².